The van der Waals surface area contributed by atoms with Crippen molar-refractivity contribution in [2.45, 2.75) is 44.7 Å². The molecule has 0 atom stereocenters. The van der Waals surface area contributed by atoms with Crippen LogP contribution in [0.5, 0.6) is 0 Å². The van der Waals surface area contributed by atoms with Crippen LogP contribution in [0.4, 0.5) is 4.39 Å². The van der Waals surface area contributed by atoms with Crippen molar-refractivity contribution in [2.24, 2.45) is 0 Å². The van der Waals surface area contributed by atoms with Crippen LogP contribution in [-0.4, -0.2) is 28.0 Å². The molecule has 1 aromatic carbocycles. The van der Waals surface area contributed by atoms with Crippen molar-refractivity contribution in [1.29, 1.82) is 0 Å². The van der Waals surface area contributed by atoms with Gasteiger partial charge in [0.15, 0.2) is 0 Å². The molecule has 0 bridgehead atoms. The summed E-state index contributed by atoms with van der Waals surface area (Å²) in [7, 11) is 2.22. The van der Waals surface area contributed by atoms with Gasteiger partial charge in [-0.05, 0) is 61.9 Å². The Bertz CT molecular complexity index is 847. The normalized spacial score (nSPS) is 16.0. The first-order chi connectivity index (χ1) is 12.2. The molecule has 2 aromatic heterocycles. The molecule has 3 nitrogen and oxygen atoms in total. The van der Waals surface area contributed by atoms with Crippen molar-refractivity contribution < 1.29 is 4.39 Å². The third kappa shape index (κ3) is 3.31. The molecule has 3 aromatic rings. The maximum atomic E-state index is 13.3. The molecule has 0 aliphatic heterocycles. The highest BCUT2D eigenvalue weighted by Crippen LogP contribution is 2.32. The van der Waals surface area contributed by atoms with Crippen LogP contribution < -0.4 is 0 Å². The molecule has 2 heterocycles. The minimum Gasteiger partial charge on any atom is -0.339 e. The van der Waals surface area contributed by atoms with Gasteiger partial charge in [-0.2, -0.15) is 0 Å². The van der Waals surface area contributed by atoms with Crippen LogP contribution in [0.15, 0.2) is 42.6 Å². The first kappa shape index (κ1) is 16.3. The topological polar surface area (TPSA) is 31.9 Å². The standard InChI is InChI=1S/C21H24FN3/c1-25(17-6-3-2-4-7-17)14-19-18-8-5-13-23-21(18)24-20(19)15-9-11-16(22)12-10-15/h5,8-13,17H,2-4,6-7,14H2,1H3,(H,23,24). The second kappa shape index (κ2) is 6.96. The van der Waals surface area contributed by atoms with Crippen molar-refractivity contribution in [3.8, 4) is 11.3 Å². The number of hydrogen-bond donors (Lipinski definition) is 1. The molecule has 0 radical (unpaired) electrons. The lowest BCUT2D eigenvalue weighted by molar-refractivity contribution is 0.185. The number of aromatic amines is 1. The van der Waals surface area contributed by atoms with E-state index >= 15 is 0 Å². The molecule has 0 amide bonds. The Kier molecular flexibility index (Phi) is 4.53. The van der Waals surface area contributed by atoms with E-state index in [2.05, 4.69) is 28.0 Å². The highest BCUT2D eigenvalue weighted by molar-refractivity contribution is 5.88. The van der Waals surface area contributed by atoms with Gasteiger partial charge in [0.25, 0.3) is 0 Å². The van der Waals surface area contributed by atoms with Gasteiger partial charge in [-0.15, -0.1) is 0 Å². The summed E-state index contributed by atoms with van der Waals surface area (Å²) in [5, 5.41) is 1.16. The summed E-state index contributed by atoms with van der Waals surface area (Å²) < 4.78 is 13.3. The molecule has 1 saturated carbocycles. The monoisotopic (exact) mass is 337 g/mol. The highest BCUT2D eigenvalue weighted by Gasteiger charge is 2.21. The van der Waals surface area contributed by atoms with Gasteiger partial charge in [0, 0.05) is 29.7 Å². The zero-order chi connectivity index (χ0) is 17.2. The summed E-state index contributed by atoms with van der Waals surface area (Å²) >= 11 is 0. The maximum absolute atomic E-state index is 13.3. The maximum Gasteiger partial charge on any atom is 0.138 e. The second-order valence-electron chi connectivity index (χ2n) is 7.09. The lowest BCUT2D eigenvalue weighted by Crippen LogP contribution is -2.32. The van der Waals surface area contributed by atoms with Gasteiger partial charge in [-0.3, -0.25) is 4.90 Å². The SMILES string of the molecule is CN(Cc1c(-c2ccc(F)cc2)[nH]c2ncccc12)C1CCCCC1. The quantitative estimate of drug-likeness (QED) is 0.715. The smallest absolute Gasteiger partial charge is 0.138 e. The molecule has 1 N–H and O–H groups in total. The van der Waals surface area contributed by atoms with Gasteiger partial charge in [-0.1, -0.05) is 19.3 Å². The number of nitrogens with zero attached hydrogens (tertiary/aromatic N) is 2. The van der Waals surface area contributed by atoms with Gasteiger partial charge in [0.05, 0.1) is 5.69 Å². The Balaban J connectivity index is 1.72. The Hall–Kier alpha value is -2.20. The van der Waals surface area contributed by atoms with Gasteiger partial charge >= 0.3 is 0 Å². The van der Waals surface area contributed by atoms with E-state index in [1.807, 2.05) is 24.4 Å². The number of fused-ring (bicyclic) bond motifs is 1. The van der Waals surface area contributed by atoms with Crippen LogP contribution in [0.2, 0.25) is 0 Å². The minimum absolute atomic E-state index is 0.209. The van der Waals surface area contributed by atoms with Crippen LogP contribution in [0.25, 0.3) is 22.3 Å². The fourth-order valence-electron chi connectivity index (χ4n) is 4.00. The zero-order valence-corrected chi connectivity index (χ0v) is 14.6. The summed E-state index contributed by atoms with van der Waals surface area (Å²) in [5.41, 5.74) is 4.21. The van der Waals surface area contributed by atoms with Crippen molar-refractivity contribution in [3.05, 3.63) is 54.0 Å². The van der Waals surface area contributed by atoms with Crippen molar-refractivity contribution in [3.63, 3.8) is 0 Å². The lowest BCUT2D eigenvalue weighted by atomic mass is 9.94. The molecule has 130 valence electrons. The van der Waals surface area contributed by atoms with Crippen LogP contribution in [0.1, 0.15) is 37.7 Å². The minimum atomic E-state index is -0.209. The van der Waals surface area contributed by atoms with E-state index in [1.54, 1.807) is 0 Å². The number of hydrogen-bond acceptors (Lipinski definition) is 2. The van der Waals surface area contributed by atoms with E-state index in [9.17, 15) is 4.39 Å². The third-order valence-electron chi connectivity index (χ3n) is 5.42. The van der Waals surface area contributed by atoms with Crippen molar-refractivity contribution in [2.75, 3.05) is 7.05 Å². The molecule has 0 spiro atoms. The molecule has 4 rings (SSSR count). The van der Waals surface area contributed by atoms with Gasteiger partial charge in [-0.25, -0.2) is 9.37 Å². The Morgan fingerprint density at radius 1 is 1.12 bits per heavy atom. The fraction of sp³-hybridized carbons (Fsp3) is 0.381. The first-order valence-electron chi connectivity index (χ1n) is 9.14. The van der Waals surface area contributed by atoms with Gasteiger partial charge in [0.1, 0.15) is 11.5 Å². The number of benzene rings is 1. The van der Waals surface area contributed by atoms with E-state index in [-0.39, 0.29) is 5.82 Å². The first-order valence-corrected chi connectivity index (χ1v) is 9.14. The molecular formula is C21H24FN3. The van der Waals surface area contributed by atoms with Crippen LogP contribution in [0.3, 0.4) is 0 Å². The van der Waals surface area contributed by atoms with Crippen molar-refractivity contribution >= 4 is 11.0 Å². The summed E-state index contributed by atoms with van der Waals surface area (Å²) in [5.74, 6) is -0.209. The predicted molar refractivity (Wildman–Crippen MR) is 99.8 cm³/mol. The zero-order valence-electron chi connectivity index (χ0n) is 14.6. The van der Waals surface area contributed by atoms with Crippen LogP contribution in [-0.2, 0) is 6.54 Å². The fourth-order valence-corrected chi connectivity index (χ4v) is 4.00. The van der Waals surface area contributed by atoms with Crippen LogP contribution in [0, 0.1) is 5.82 Å². The van der Waals surface area contributed by atoms with Crippen molar-refractivity contribution in [1.82, 2.24) is 14.9 Å². The second-order valence-corrected chi connectivity index (χ2v) is 7.09. The number of halogens is 1. The van der Waals surface area contributed by atoms with Gasteiger partial charge < -0.3 is 4.98 Å². The Labute approximate surface area is 147 Å². The molecule has 1 fully saturated rings. The van der Waals surface area contributed by atoms with E-state index in [0.717, 1.165) is 28.8 Å². The molecular weight excluding hydrogens is 313 g/mol. The predicted octanol–water partition coefficient (Wildman–Crippen LogP) is 5.13. The van der Waals surface area contributed by atoms with E-state index in [1.165, 1.54) is 49.8 Å². The Morgan fingerprint density at radius 2 is 1.88 bits per heavy atom. The molecule has 25 heavy (non-hydrogen) atoms. The third-order valence-corrected chi connectivity index (χ3v) is 5.42. The summed E-state index contributed by atoms with van der Waals surface area (Å²) in [6.07, 6.45) is 8.39. The van der Waals surface area contributed by atoms with E-state index < -0.39 is 0 Å². The number of rotatable bonds is 4. The molecule has 1 aliphatic rings. The summed E-state index contributed by atoms with van der Waals surface area (Å²) in [6, 6.07) is 11.5. The average Bonchev–Trinajstić information content (AvgIpc) is 3.02. The van der Waals surface area contributed by atoms with E-state index in [0.29, 0.717) is 6.04 Å². The van der Waals surface area contributed by atoms with Crippen LogP contribution >= 0.6 is 0 Å². The average molecular weight is 337 g/mol. The molecule has 0 saturated heterocycles. The summed E-state index contributed by atoms with van der Waals surface area (Å²) in [4.78, 5) is 10.4. The molecule has 1 aliphatic carbocycles. The van der Waals surface area contributed by atoms with E-state index in [4.69, 9.17) is 0 Å². The highest BCUT2D eigenvalue weighted by atomic mass is 19.1. The number of pyridine rings is 1. The Morgan fingerprint density at radius 3 is 2.64 bits per heavy atom. The number of nitrogens with one attached hydrogen (secondary N) is 1. The lowest BCUT2D eigenvalue weighted by Gasteiger charge is -2.31. The number of H-pyrrole nitrogens is 1. The molecule has 4 heteroatoms. The van der Waals surface area contributed by atoms with Gasteiger partial charge in [0.2, 0.25) is 0 Å². The molecule has 0 unspecified atom stereocenters. The largest absolute Gasteiger partial charge is 0.339 e. The number of aromatic nitrogens is 2. The summed E-state index contributed by atoms with van der Waals surface area (Å²) in [6.45, 7) is 0.878.